The van der Waals surface area contributed by atoms with Crippen LogP contribution in [-0.2, 0) is 4.74 Å². The van der Waals surface area contributed by atoms with E-state index in [4.69, 9.17) is 25.7 Å². The quantitative estimate of drug-likeness (QED) is 0.0812. The topological polar surface area (TPSA) is 222 Å². The van der Waals surface area contributed by atoms with Crippen LogP contribution in [0.1, 0.15) is 67.4 Å². The van der Waals surface area contributed by atoms with Crippen molar-refractivity contribution in [3.63, 3.8) is 0 Å². The number of aromatic nitrogens is 4. The van der Waals surface area contributed by atoms with Crippen molar-refractivity contribution in [3.8, 4) is 31.3 Å². The normalized spacial score (nSPS) is 14.6. The van der Waals surface area contributed by atoms with Gasteiger partial charge in [0.15, 0.2) is 11.4 Å². The molecule has 7 N–H and O–H groups in total. The number of piperidine rings is 2. The third-order valence-corrected chi connectivity index (χ3v) is 12.8. The Hall–Kier alpha value is -5.95. The van der Waals surface area contributed by atoms with E-state index in [2.05, 4.69) is 34.7 Å². The zero-order valence-corrected chi connectivity index (χ0v) is 38.2. The number of rotatable bonds is 10. The summed E-state index contributed by atoms with van der Waals surface area (Å²) in [4.78, 5) is 47.6. The fourth-order valence-electron chi connectivity index (χ4n) is 6.46. The minimum Gasteiger partial charge on any atom is -0.478 e. The van der Waals surface area contributed by atoms with Gasteiger partial charge in [-0.3, -0.25) is 9.59 Å². The van der Waals surface area contributed by atoms with Crippen molar-refractivity contribution in [1.29, 1.82) is 0 Å². The Labute approximate surface area is 385 Å². The summed E-state index contributed by atoms with van der Waals surface area (Å²) in [6.45, 7) is 8.15. The number of carbonyl (C=O) groups excluding carboxylic acids is 3. The Morgan fingerprint density at radius 1 is 0.708 bits per heavy atom. The minimum absolute atomic E-state index is 0.00197. The first-order valence-corrected chi connectivity index (χ1v) is 23.2. The Balaban J connectivity index is 0.000000198. The molecule has 4 aromatic heterocycles. The van der Waals surface area contributed by atoms with Crippen LogP contribution in [-0.4, -0.2) is 85.5 Å². The number of likely N-dealkylation sites (tertiary alicyclic amines) is 1. The van der Waals surface area contributed by atoms with Crippen LogP contribution in [0.25, 0.3) is 21.1 Å². The van der Waals surface area contributed by atoms with E-state index in [9.17, 15) is 31.9 Å². The maximum absolute atomic E-state index is 14.1. The monoisotopic (exact) mass is 974 g/mol. The van der Waals surface area contributed by atoms with Crippen LogP contribution in [0.15, 0.2) is 48.8 Å². The Morgan fingerprint density at radius 3 is 1.54 bits per heavy atom. The van der Waals surface area contributed by atoms with Crippen LogP contribution < -0.4 is 36.9 Å². The molecule has 3 amide bonds. The van der Waals surface area contributed by atoms with E-state index in [0.717, 1.165) is 95.9 Å². The van der Waals surface area contributed by atoms with Gasteiger partial charge in [-0.2, -0.15) is 8.75 Å². The molecule has 6 aromatic rings. The Bertz CT molecular complexity index is 2610. The third kappa shape index (κ3) is 11.7. The second kappa shape index (κ2) is 20.5. The third-order valence-electron chi connectivity index (χ3n) is 9.59. The highest BCUT2D eigenvalue weighted by Gasteiger charge is 2.30. The molecule has 344 valence electrons. The highest BCUT2D eigenvalue weighted by Crippen LogP contribution is 2.38. The fraction of sp³-hybridized carbons (Fsp3) is 0.341. The molecule has 0 aliphatic carbocycles. The summed E-state index contributed by atoms with van der Waals surface area (Å²) >= 11 is 3.86. The molecule has 2 fully saturated rings. The van der Waals surface area contributed by atoms with Gasteiger partial charge in [0.2, 0.25) is 10.1 Å². The number of nitrogen functional groups attached to an aromatic ring is 2. The maximum Gasteiger partial charge on any atom is 0.410 e. The summed E-state index contributed by atoms with van der Waals surface area (Å²) in [7, 11) is 0. The molecule has 0 unspecified atom stereocenters. The molecule has 0 atom stereocenters. The van der Waals surface area contributed by atoms with Crippen LogP contribution in [0.2, 0.25) is 0 Å². The van der Waals surface area contributed by atoms with E-state index in [0.29, 0.717) is 47.4 Å². The van der Waals surface area contributed by atoms with Gasteiger partial charge in [-0.25, -0.2) is 32.3 Å². The van der Waals surface area contributed by atoms with E-state index < -0.39 is 40.7 Å². The van der Waals surface area contributed by atoms with E-state index in [-0.39, 0.29) is 60.8 Å². The van der Waals surface area contributed by atoms with Crippen molar-refractivity contribution in [2.24, 2.45) is 0 Å². The van der Waals surface area contributed by atoms with E-state index in [1.165, 1.54) is 24.5 Å². The molecular formula is C41H42F4N10O6S4. The number of hydrogen-bond acceptors (Lipinski definition) is 17. The summed E-state index contributed by atoms with van der Waals surface area (Å²) in [5, 5.41) is 9.53. The van der Waals surface area contributed by atoms with Gasteiger partial charge in [-0.1, -0.05) is 34.8 Å². The molecule has 2 aliphatic heterocycles. The summed E-state index contributed by atoms with van der Waals surface area (Å²) in [6.07, 6.45) is 5.33. The van der Waals surface area contributed by atoms with Gasteiger partial charge in [-0.05, 0) is 71.0 Å². The number of halogens is 4. The Kier molecular flexibility index (Phi) is 14.8. The van der Waals surface area contributed by atoms with Gasteiger partial charge in [-0.15, -0.1) is 0 Å². The molecule has 6 heterocycles. The largest absolute Gasteiger partial charge is 0.478 e. The van der Waals surface area contributed by atoms with Crippen molar-refractivity contribution >= 4 is 85.0 Å². The number of ether oxygens (including phenoxy) is 3. The minimum atomic E-state index is -0.800. The number of thiazole rings is 2. The number of nitrogens with two attached hydrogens (primary N) is 2. The molecule has 2 saturated heterocycles. The van der Waals surface area contributed by atoms with Gasteiger partial charge in [0.1, 0.15) is 72.5 Å². The van der Waals surface area contributed by atoms with Gasteiger partial charge >= 0.3 is 6.09 Å². The standard InChI is InChI=1S/C23H25F2N5O4S2.C18H17F2N5O2S2/c1-23(2,3)34-22(32)30-9-7-12(8-10-30)33-21-15(11-27-36-21)28-19(31)17-18(26)35-20(29-17)16-13(24)5-4-6-14(16)25;19-10-2-1-3-11(20)13(10)17-25-14(15(21)28-17)16(26)24-12-8-23-29-18(12)27-9-4-6-22-7-5-9/h4-6,11-12H,7-10,26H2,1-3H3,(H,28,31);1-3,8-9,22H,4-7,21H2,(H,24,26). The molecule has 2 aliphatic rings. The van der Waals surface area contributed by atoms with Crippen LogP contribution >= 0.6 is 45.7 Å². The molecule has 16 nitrogen and oxygen atoms in total. The second-order valence-corrected chi connectivity index (χ2v) is 19.1. The number of hydrogen-bond donors (Lipinski definition) is 5. The Morgan fingerprint density at radius 2 is 1.12 bits per heavy atom. The number of nitrogens with zero attached hydrogens (tertiary/aromatic N) is 5. The first kappa shape index (κ1) is 47.0. The van der Waals surface area contributed by atoms with Crippen LogP contribution in [0, 0.1) is 23.3 Å². The maximum atomic E-state index is 14.1. The summed E-state index contributed by atoms with van der Waals surface area (Å²) < 4.78 is 81.9. The first-order chi connectivity index (χ1) is 31.0. The second-order valence-electron chi connectivity index (χ2n) is 15.5. The molecule has 2 aromatic carbocycles. The lowest BCUT2D eigenvalue weighted by molar-refractivity contribution is 0.0129. The number of benzene rings is 2. The average Bonchev–Trinajstić information content (AvgIpc) is 4.06. The van der Waals surface area contributed by atoms with Crippen molar-refractivity contribution in [1.82, 2.24) is 28.9 Å². The zero-order chi connectivity index (χ0) is 46.4. The molecule has 65 heavy (non-hydrogen) atoms. The van der Waals surface area contributed by atoms with Crippen molar-refractivity contribution < 1.29 is 46.2 Å². The van der Waals surface area contributed by atoms with Crippen LogP contribution in [0.5, 0.6) is 10.1 Å². The van der Waals surface area contributed by atoms with E-state index >= 15 is 0 Å². The summed E-state index contributed by atoms with van der Waals surface area (Å²) in [5.41, 5.74) is 11.1. The lowest BCUT2D eigenvalue weighted by atomic mass is 10.1. The summed E-state index contributed by atoms with van der Waals surface area (Å²) in [5.74, 6) is -4.40. The predicted octanol–water partition coefficient (Wildman–Crippen LogP) is 8.67. The zero-order valence-electron chi connectivity index (χ0n) is 34.9. The molecule has 0 saturated carbocycles. The van der Waals surface area contributed by atoms with Gasteiger partial charge in [0, 0.05) is 49.0 Å². The smallest absolute Gasteiger partial charge is 0.410 e. The van der Waals surface area contributed by atoms with Gasteiger partial charge < -0.3 is 46.5 Å². The molecule has 8 rings (SSSR count). The van der Waals surface area contributed by atoms with Crippen LogP contribution in [0.3, 0.4) is 0 Å². The molecule has 24 heteroatoms. The van der Waals surface area contributed by atoms with Crippen LogP contribution in [0.4, 0.5) is 43.7 Å². The summed E-state index contributed by atoms with van der Waals surface area (Å²) in [6, 6.07) is 6.95. The van der Waals surface area contributed by atoms with Gasteiger partial charge in [0.25, 0.3) is 11.8 Å². The number of amides is 3. The first-order valence-electron chi connectivity index (χ1n) is 20.0. The number of carbonyl (C=O) groups is 3. The highest BCUT2D eigenvalue weighted by molar-refractivity contribution is 7.19. The lowest BCUT2D eigenvalue weighted by Gasteiger charge is -2.33. The predicted molar refractivity (Wildman–Crippen MR) is 242 cm³/mol. The number of anilines is 4. The molecule has 0 radical (unpaired) electrons. The van der Waals surface area contributed by atoms with Crippen molar-refractivity contribution in [2.45, 2.75) is 64.3 Å². The average molecular weight is 975 g/mol. The van der Waals surface area contributed by atoms with Crippen molar-refractivity contribution in [2.75, 3.05) is 48.3 Å². The lowest BCUT2D eigenvalue weighted by Crippen LogP contribution is -2.44. The fourth-order valence-corrected chi connectivity index (χ4v) is 9.49. The van der Waals surface area contributed by atoms with E-state index in [1.54, 1.807) is 4.90 Å². The number of nitrogens with one attached hydrogen (secondary N) is 3. The molecule has 0 bridgehead atoms. The SMILES string of the molecule is CC(C)(C)OC(=O)N1CCC(Oc2sncc2NC(=O)c2nc(-c3c(F)cccc3F)sc2N)CC1.Nc1sc(-c2c(F)cccc2F)nc1C(=O)Nc1cnsc1OC1CCNCC1. The van der Waals surface area contributed by atoms with Gasteiger partial charge in [0.05, 0.1) is 23.5 Å². The highest BCUT2D eigenvalue weighted by atomic mass is 32.1. The molecule has 0 spiro atoms. The van der Waals surface area contributed by atoms with E-state index in [1.807, 2.05) is 20.8 Å². The molecular weight excluding hydrogens is 933 g/mol. The van der Waals surface area contributed by atoms with Crippen molar-refractivity contribution in [3.05, 3.63) is 83.4 Å².